The van der Waals surface area contributed by atoms with Crippen LogP contribution >= 0.6 is 0 Å². The number of nitrogens with zero attached hydrogens (tertiary/aromatic N) is 1. The van der Waals surface area contributed by atoms with Gasteiger partial charge >= 0.3 is 0 Å². The molecule has 7 nitrogen and oxygen atoms in total. The Labute approximate surface area is 294 Å². The number of methoxy groups -OCH3 is 1. The van der Waals surface area contributed by atoms with Crippen LogP contribution in [0.5, 0.6) is 11.5 Å². The summed E-state index contributed by atoms with van der Waals surface area (Å²) in [6, 6.07) is 1.85. The van der Waals surface area contributed by atoms with Gasteiger partial charge in [-0.05, 0) is 118 Å². The predicted molar refractivity (Wildman–Crippen MR) is 197 cm³/mol. The molecule has 0 spiro atoms. The van der Waals surface area contributed by atoms with Crippen LogP contribution in [0.3, 0.4) is 0 Å². The van der Waals surface area contributed by atoms with Crippen LogP contribution in [0.1, 0.15) is 132 Å². The lowest BCUT2D eigenvalue weighted by atomic mass is 9.58. The average molecular weight is 670 g/mol. The first kappa shape index (κ1) is 35.6. The van der Waals surface area contributed by atoms with Gasteiger partial charge < -0.3 is 26.0 Å². The molecule has 2 bridgehead atoms. The molecule has 7 heteroatoms. The second kappa shape index (κ2) is 16.6. The molecule has 5 aliphatic rings. The molecule has 0 aromatic heterocycles. The van der Waals surface area contributed by atoms with E-state index in [-0.39, 0.29) is 53.3 Å². The molecular weight excluding hydrogens is 610 g/mol. The van der Waals surface area contributed by atoms with Crippen molar-refractivity contribution in [1.82, 2.24) is 0 Å². The average Bonchev–Trinajstić information content (AvgIpc) is 3.79. The number of benzene rings is 1. The van der Waals surface area contributed by atoms with Crippen LogP contribution < -0.4 is 16.2 Å². The number of hydrogen-bond acceptors (Lipinski definition) is 5. The lowest BCUT2D eigenvalue weighted by Crippen LogP contribution is -2.39. The van der Waals surface area contributed by atoms with E-state index in [1.54, 1.807) is 13.2 Å². The third-order valence-electron chi connectivity index (χ3n) is 12.2. The summed E-state index contributed by atoms with van der Waals surface area (Å²) in [5.74, 6) is 9.89. The molecule has 6 rings (SSSR count). The quantitative estimate of drug-likeness (QED) is 0.0685. The summed E-state index contributed by atoms with van der Waals surface area (Å²) in [4.78, 5) is 17.9. The van der Waals surface area contributed by atoms with Gasteiger partial charge in [-0.3, -0.25) is 4.79 Å². The number of rotatable bonds is 12. The maximum Gasteiger partial charge on any atom is 0.186 e. The fraction of sp³-hybridized carbons (Fsp3) is 0.667. The summed E-state index contributed by atoms with van der Waals surface area (Å²) in [6.07, 6.45) is 23.7. The fourth-order valence-corrected chi connectivity index (χ4v) is 9.75. The standard InChI is InChI=1S/C42H59N3O4/c1-27-18-19-29-23-31-24-32(45-42(43)44)13-9-17-35-30(20-21-33(46)14-6-5-12-28-10-3-4-11-28)25-38(49-34-15-7-8-16-34)41(47)40(35)39(36(29)22-27)37(31)26-48-2/h6,14,23,25,27-28,31-32,34,36-37,39,47H,3-5,7-8,10-13,15-16,18-22,24,26H2,1-2H3,(H4,43,44,45)/b14-6+/t27-,31-,32+,36-,37-,39+/m1/s1. The molecule has 49 heavy (non-hydrogen) atoms. The fourth-order valence-electron chi connectivity index (χ4n) is 9.75. The number of fused-ring (bicyclic) bond motifs is 6. The van der Waals surface area contributed by atoms with Crippen molar-refractivity contribution in [2.45, 2.75) is 134 Å². The third kappa shape index (κ3) is 8.74. The largest absolute Gasteiger partial charge is 0.504 e. The van der Waals surface area contributed by atoms with Crippen molar-refractivity contribution in [3.05, 3.63) is 46.6 Å². The molecule has 0 amide bonds. The molecule has 0 heterocycles. The molecule has 5 N–H and O–H groups in total. The number of carbonyl (C=O) groups is 1. The van der Waals surface area contributed by atoms with Gasteiger partial charge in [-0.1, -0.05) is 62.2 Å². The van der Waals surface area contributed by atoms with Crippen molar-refractivity contribution in [2.75, 3.05) is 13.7 Å². The highest BCUT2D eigenvalue weighted by molar-refractivity contribution is 5.89. The number of aliphatic imine (C=N–C) groups is 1. The van der Waals surface area contributed by atoms with E-state index in [2.05, 4.69) is 35.9 Å². The number of ketones is 1. The zero-order valence-corrected chi connectivity index (χ0v) is 29.9. The molecule has 0 unspecified atom stereocenters. The molecule has 266 valence electrons. The van der Waals surface area contributed by atoms with Crippen molar-refractivity contribution < 1.29 is 19.4 Å². The SMILES string of the molecule is COC[C@H]1[C@H]2c3c(O)c(OC4CCCC4)cc(CCC(=O)/C=C/CCC4CCCC4)c3C#CC[C@H](N=C(N)N)C[C@H]1C=C1CC[C@@H](C)C[C@H]12. The third-order valence-corrected chi connectivity index (χ3v) is 12.2. The van der Waals surface area contributed by atoms with Crippen molar-refractivity contribution in [3.8, 4) is 23.3 Å². The van der Waals surface area contributed by atoms with Gasteiger partial charge in [-0.25, -0.2) is 4.99 Å². The number of aromatic hydroxyl groups is 1. The highest BCUT2D eigenvalue weighted by Gasteiger charge is 2.46. The first-order chi connectivity index (χ1) is 23.8. The number of nitrogens with two attached hydrogens (primary N) is 2. The first-order valence-electron chi connectivity index (χ1n) is 19.3. The molecule has 3 fully saturated rings. The van der Waals surface area contributed by atoms with Crippen LogP contribution in [0.15, 0.2) is 34.9 Å². The molecule has 3 saturated carbocycles. The number of carbonyl (C=O) groups excluding carboxylic acids is 1. The van der Waals surface area contributed by atoms with Crippen LogP contribution in [0, 0.1) is 41.4 Å². The van der Waals surface area contributed by atoms with Crippen molar-refractivity contribution in [2.24, 2.45) is 46.0 Å². The Bertz CT molecular complexity index is 1470. The summed E-state index contributed by atoms with van der Waals surface area (Å²) < 4.78 is 12.6. The van der Waals surface area contributed by atoms with E-state index in [0.29, 0.717) is 37.5 Å². The van der Waals surface area contributed by atoms with E-state index < -0.39 is 0 Å². The van der Waals surface area contributed by atoms with Crippen molar-refractivity contribution in [1.29, 1.82) is 0 Å². The van der Waals surface area contributed by atoms with E-state index in [9.17, 15) is 9.90 Å². The number of aryl methyl sites for hydroxylation is 1. The van der Waals surface area contributed by atoms with E-state index >= 15 is 0 Å². The monoisotopic (exact) mass is 669 g/mol. The Morgan fingerprint density at radius 2 is 1.88 bits per heavy atom. The summed E-state index contributed by atoms with van der Waals surface area (Å²) in [7, 11) is 1.77. The Hall–Kier alpha value is -3.24. The van der Waals surface area contributed by atoms with Gasteiger partial charge in [0.25, 0.3) is 0 Å². The number of hydrogen-bond donors (Lipinski definition) is 3. The summed E-state index contributed by atoms with van der Waals surface area (Å²) in [6.45, 7) is 2.90. The maximum absolute atomic E-state index is 13.2. The number of phenols is 1. The van der Waals surface area contributed by atoms with Gasteiger partial charge in [-0.15, -0.1) is 0 Å². The summed E-state index contributed by atoms with van der Waals surface area (Å²) in [5, 5.41) is 12.3. The minimum atomic E-state index is -0.141. The number of guanidine groups is 1. The number of ether oxygens (including phenoxy) is 2. The van der Waals surface area contributed by atoms with Crippen LogP contribution in [0.2, 0.25) is 0 Å². The minimum Gasteiger partial charge on any atom is -0.504 e. The zero-order valence-electron chi connectivity index (χ0n) is 29.9. The number of phenolic OH excluding ortho intramolecular Hbond substituents is 1. The lowest BCUT2D eigenvalue weighted by Gasteiger charge is -2.47. The minimum absolute atomic E-state index is 0.00739. The Morgan fingerprint density at radius 3 is 2.63 bits per heavy atom. The molecule has 5 aliphatic carbocycles. The van der Waals surface area contributed by atoms with Crippen molar-refractivity contribution >= 4 is 11.7 Å². The lowest BCUT2D eigenvalue weighted by molar-refractivity contribution is -0.114. The van der Waals surface area contributed by atoms with Crippen molar-refractivity contribution in [3.63, 3.8) is 0 Å². The smallest absolute Gasteiger partial charge is 0.186 e. The van der Waals surface area contributed by atoms with Crippen LogP contribution in [0.4, 0.5) is 0 Å². The number of allylic oxidation sites excluding steroid dienone is 4. The Balaban J connectivity index is 1.42. The van der Waals surface area contributed by atoms with Crippen LogP contribution in [-0.2, 0) is 16.0 Å². The van der Waals surface area contributed by atoms with Gasteiger partial charge in [0.05, 0.1) is 18.8 Å². The normalized spacial score (nSPS) is 28.7. The second-order valence-corrected chi connectivity index (χ2v) is 15.8. The van der Waals surface area contributed by atoms with Gasteiger partial charge in [0, 0.05) is 37.0 Å². The molecule has 0 aliphatic heterocycles. The first-order valence-corrected chi connectivity index (χ1v) is 19.3. The Morgan fingerprint density at radius 1 is 1.10 bits per heavy atom. The predicted octanol–water partition coefficient (Wildman–Crippen LogP) is 7.87. The molecular formula is C42H59N3O4. The summed E-state index contributed by atoms with van der Waals surface area (Å²) >= 11 is 0. The van der Waals surface area contributed by atoms with E-state index in [1.807, 2.05) is 6.07 Å². The molecule has 1 aromatic carbocycles. The van der Waals surface area contributed by atoms with E-state index in [4.69, 9.17) is 20.9 Å². The second-order valence-electron chi connectivity index (χ2n) is 15.8. The van der Waals surface area contributed by atoms with Gasteiger partial charge in [-0.2, -0.15) is 0 Å². The Kier molecular flexibility index (Phi) is 12.1. The molecule has 6 atom stereocenters. The van der Waals surface area contributed by atoms with Gasteiger partial charge in [0.1, 0.15) is 0 Å². The zero-order chi connectivity index (χ0) is 34.3. The van der Waals surface area contributed by atoms with E-state index in [1.165, 1.54) is 44.1 Å². The molecule has 0 radical (unpaired) electrons. The highest BCUT2D eigenvalue weighted by Crippen LogP contribution is 2.56. The topological polar surface area (TPSA) is 120 Å². The van der Waals surface area contributed by atoms with Crippen LogP contribution in [0.25, 0.3) is 0 Å². The molecule has 0 saturated heterocycles. The van der Waals surface area contributed by atoms with Crippen LogP contribution in [-0.4, -0.2) is 42.7 Å². The maximum atomic E-state index is 13.2. The molecule has 1 aromatic rings. The van der Waals surface area contributed by atoms with E-state index in [0.717, 1.165) is 74.0 Å². The van der Waals surface area contributed by atoms with Gasteiger partial charge in [0.2, 0.25) is 0 Å². The highest BCUT2D eigenvalue weighted by atomic mass is 16.5. The van der Waals surface area contributed by atoms with Gasteiger partial charge in [0.15, 0.2) is 23.2 Å². The summed E-state index contributed by atoms with van der Waals surface area (Å²) in [5.41, 5.74) is 16.1.